The lowest BCUT2D eigenvalue weighted by molar-refractivity contribution is -0.383. The van der Waals surface area contributed by atoms with Gasteiger partial charge in [-0.2, -0.15) is 13.2 Å². The summed E-state index contributed by atoms with van der Waals surface area (Å²) in [6.45, 7) is 1.98. The molecule has 0 aliphatic heterocycles. The summed E-state index contributed by atoms with van der Waals surface area (Å²) in [5.74, 6) is -1.57. The number of hydrogen-bond acceptors (Lipinski definition) is 4. The van der Waals surface area contributed by atoms with Gasteiger partial charge in [0.05, 0.1) is 10.5 Å². The molecule has 0 aliphatic rings. The Hall–Kier alpha value is -2.65. The number of carbonyl (C=O) groups is 2. The molecule has 114 valence electrons. The van der Waals surface area contributed by atoms with Crippen LogP contribution in [0.25, 0.3) is 0 Å². The number of halogens is 3. The third kappa shape index (κ3) is 4.16. The van der Waals surface area contributed by atoms with Crippen molar-refractivity contribution < 1.29 is 27.7 Å². The maximum absolute atomic E-state index is 12.8. The number of carbonyl (C=O) groups excluding carboxylic acids is 2. The zero-order chi connectivity index (χ0) is 16.4. The second-order valence-electron chi connectivity index (χ2n) is 4.04. The van der Waals surface area contributed by atoms with Gasteiger partial charge in [0.2, 0.25) is 11.8 Å². The molecule has 0 spiro atoms. The lowest BCUT2D eigenvalue weighted by Crippen LogP contribution is -2.15. The quantitative estimate of drug-likeness (QED) is 0.661. The minimum atomic E-state index is -4.80. The van der Waals surface area contributed by atoms with Gasteiger partial charge < -0.3 is 10.6 Å². The molecule has 1 aromatic carbocycles. The maximum Gasteiger partial charge on any atom is 0.416 e. The van der Waals surface area contributed by atoms with Crippen molar-refractivity contribution in [3.8, 4) is 0 Å². The van der Waals surface area contributed by atoms with Crippen molar-refractivity contribution in [2.75, 3.05) is 10.6 Å². The Morgan fingerprint density at radius 3 is 1.71 bits per heavy atom. The molecule has 1 rings (SSSR count). The van der Waals surface area contributed by atoms with Crippen LogP contribution in [0.15, 0.2) is 12.1 Å². The van der Waals surface area contributed by atoms with Crippen LogP contribution in [-0.2, 0) is 15.8 Å². The van der Waals surface area contributed by atoms with E-state index in [0.29, 0.717) is 12.1 Å². The second kappa shape index (κ2) is 5.77. The van der Waals surface area contributed by atoms with Crippen LogP contribution in [0, 0.1) is 10.1 Å². The van der Waals surface area contributed by atoms with Gasteiger partial charge in [-0.05, 0) is 12.1 Å². The summed E-state index contributed by atoms with van der Waals surface area (Å²) < 4.78 is 38.3. The van der Waals surface area contributed by atoms with E-state index in [4.69, 9.17) is 0 Å². The third-order valence-corrected chi connectivity index (χ3v) is 2.24. The van der Waals surface area contributed by atoms with Gasteiger partial charge >= 0.3 is 11.9 Å². The summed E-state index contributed by atoms with van der Waals surface area (Å²) in [5, 5.41) is 14.9. The van der Waals surface area contributed by atoms with Crippen LogP contribution in [0.5, 0.6) is 0 Å². The van der Waals surface area contributed by atoms with Gasteiger partial charge in [-0.1, -0.05) is 0 Å². The lowest BCUT2D eigenvalue weighted by Gasteiger charge is -2.13. The third-order valence-electron chi connectivity index (χ3n) is 2.24. The van der Waals surface area contributed by atoms with E-state index in [-0.39, 0.29) is 0 Å². The Labute approximate surface area is 116 Å². The van der Waals surface area contributed by atoms with E-state index >= 15 is 0 Å². The summed E-state index contributed by atoms with van der Waals surface area (Å²) in [5.41, 5.74) is -3.36. The molecule has 0 bridgehead atoms. The Morgan fingerprint density at radius 2 is 1.48 bits per heavy atom. The molecule has 7 nitrogen and oxygen atoms in total. The van der Waals surface area contributed by atoms with Crippen molar-refractivity contribution >= 4 is 28.9 Å². The molecule has 10 heteroatoms. The number of anilines is 2. The van der Waals surface area contributed by atoms with Gasteiger partial charge in [0.1, 0.15) is 11.4 Å². The first kappa shape index (κ1) is 16.4. The van der Waals surface area contributed by atoms with Crippen molar-refractivity contribution in [2.45, 2.75) is 20.0 Å². The fourth-order valence-corrected chi connectivity index (χ4v) is 1.56. The van der Waals surface area contributed by atoms with Crippen LogP contribution >= 0.6 is 0 Å². The number of nitro benzene ring substituents is 1. The molecule has 0 saturated heterocycles. The molecule has 0 heterocycles. The molecule has 0 aliphatic carbocycles. The molecule has 0 unspecified atom stereocenters. The normalized spacial score (nSPS) is 10.9. The van der Waals surface area contributed by atoms with Gasteiger partial charge in [0.25, 0.3) is 0 Å². The van der Waals surface area contributed by atoms with Gasteiger partial charge in [-0.15, -0.1) is 0 Å². The van der Waals surface area contributed by atoms with E-state index in [0.717, 1.165) is 13.8 Å². The average molecular weight is 305 g/mol. The largest absolute Gasteiger partial charge is 0.416 e. The van der Waals surface area contributed by atoms with Crippen molar-refractivity contribution in [1.82, 2.24) is 0 Å². The fourth-order valence-electron chi connectivity index (χ4n) is 1.56. The van der Waals surface area contributed by atoms with E-state index in [1.807, 2.05) is 10.6 Å². The average Bonchev–Trinajstić information content (AvgIpc) is 2.24. The van der Waals surface area contributed by atoms with E-state index in [2.05, 4.69) is 0 Å². The highest BCUT2D eigenvalue weighted by atomic mass is 19.4. The van der Waals surface area contributed by atoms with Crippen LogP contribution < -0.4 is 10.6 Å². The lowest BCUT2D eigenvalue weighted by atomic mass is 10.1. The van der Waals surface area contributed by atoms with E-state index in [1.165, 1.54) is 0 Å². The van der Waals surface area contributed by atoms with Gasteiger partial charge in [-0.25, -0.2) is 0 Å². The Bertz CT molecular complexity index is 576. The maximum atomic E-state index is 12.8. The topological polar surface area (TPSA) is 101 Å². The van der Waals surface area contributed by atoms with Crippen molar-refractivity contribution in [3.05, 3.63) is 27.8 Å². The number of alkyl halides is 3. The van der Waals surface area contributed by atoms with Crippen LogP contribution in [0.3, 0.4) is 0 Å². The summed E-state index contributed by atoms with van der Waals surface area (Å²) in [4.78, 5) is 32.0. The van der Waals surface area contributed by atoms with E-state index in [9.17, 15) is 32.9 Å². The van der Waals surface area contributed by atoms with Crippen molar-refractivity contribution in [3.63, 3.8) is 0 Å². The Morgan fingerprint density at radius 1 is 1.10 bits per heavy atom. The first-order valence-corrected chi connectivity index (χ1v) is 5.47. The molecule has 0 radical (unpaired) electrons. The Kier molecular flexibility index (Phi) is 4.51. The number of nitrogens with one attached hydrogen (secondary N) is 2. The fraction of sp³-hybridized carbons (Fsp3) is 0.273. The zero-order valence-electron chi connectivity index (χ0n) is 10.9. The number of hydrogen-bond donors (Lipinski definition) is 2. The summed E-state index contributed by atoms with van der Waals surface area (Å²) in [6, 6.07) is 0.871. The molecule has 0 fully saturated rings. The van der Waals surface area contributed by atoms with Crippen LogP contribution in [0.1, 0.15) is 19.4 Å². The summed E-state index contributed by atoms with van der Waals surface area (Å²) >= 11 is 0. The van der Waals surface area contributed by atoms with Crippen molar-refractivity contribution in [1.29, 1.82) is 0 Å². The predicted molar refractivity (Wildman–Crippen MR) is 66.7 cm³/mol. The molecule has 2 N–H and O–H groups in total. The van der Waals surface area contributed by atoms with Crippen LogP contribution in [0.4, 0.5) is 30.2 Å². The number of nitrogens with zero attached hydrogens (tertiary/aromatic N) is 1. The van der Waals surface area contributed by atoms with Gasteiger partial charge in [0, 0.05) is 13.8 Å². The first-order chi connectivity index (χ1) is 9.52. The number of benzene rings is 1. The van der Waals surface area contributed by atoms with Crippen molar-refractivity contribution in [2.24, 2.45) is 0 Å². The molecule has 2 amide bonds. The van der Waals surface area contributed by atoms with Crippen LogP contribution in [0.2, 0.25) is 0 Å². The molecular weight excluding hydrogens is 295 g/mol. The zero-order valence-corrected chi connectivity index (χ0v) is 10.9. The van der Waals surface area contributed by atoms with E-state index < -0.39 is 45.5 Å². The minimum Gasteiger partial charge on any atom is -0.321 e. The number of amides is 2. The first-order valence-electron chi connectivity index (χ1n) is 5.47. The highest BCUT2D eigenvalue weighted by Crippen LogP contribution is 2.40. The molecule has 0 atom stereocenters. The second-order valence-corrected chi connectivity index (χ2v) is 4.04. The minimum absolute atomic E-state index is 0.435. The highest BCUT2D eigenvalue weighted by molar-refractivity contribution is 5.98. The smallest absolute Gasteiger partial charge is 0.321 e. The molecule has 0 aromatic heterocycles. The summed E-state index contributed by atoms with van der Waals surface area (Å²) in [7, 11) is 0. The molecule has 21 heavy (non-hydrogen) atoms. The molecule has 0 saturated carbocycles. The van der Waals surface area contributed by atoms with Gasteiger partial charge in [-0.3, -0.25) is 19.7 Å². The summed E-state index contributed by atoms with van der Waals surface area (Å²) in [6.07, 6.45) is -4.80. The standard InChI is InChI=1S/C11H10F3N3O4/c1-5(18)15-8-3-7(11(12,13)14)4-9(16-6(2)19)10(8)17(20)21/h3-4H,1-2H3,(H,15,18)(H,16,19). The molecular formula is C11H10F3N3O4. The monoisotopic (exact) mass is 305 g/mol. The van der Waals surface area contributed by atoms with E-state index in [1.54, 1.807) is 0 Å². The Balaban J connectivity index is 3.60. The van der Waals surface area contributed by atoms with Gasteiger partial charge in [0.15, 0.2) is 0 Å². The molecule has 1 aromatic rings. The predicted octanol–water partition coefficient (Wildman–Crippen LogP) is 2.53. The van der Waals surface area contributed by atoms with Crippen LogP contribution in [-0.4, -0.2) is 16.7 Å². The number of rotatable bonds is 3. The SMILES string of the molecule is CC(=O)Nc1cc(C(F)(F)F)cc(NC(C)=O)c1[N+](=O)[O-]. The highest BCUT2D eigenvalue weighted by Gasteiger charge is 2.35. The number of nitro groups is 1.